The van der Waals surface area contributed by atoms with Gasteiger partial charge in [0.1, 0.15) is 5.84 Å². The number of hydrogen-bond acceptors (Lipinski definition) is 3. The summed E-state index contributed by atoms with van der Waals surface area (Å²) < 4.78 is 0. The molecule has 0 fully saturated rings. The monoisotopic (exact) mass is 166 g/mol. The van der Waals surface area contributed by atoms with Crippen LogP contribution in [-0.2, 0) is 0 Å². The van der Waals surface area contributed by atoms with Crippen molar-refractivity contribution in [2.45, 2.75) is 0 Å². The van der Waals surface area contributed by atoms with E-state index >= 15 is 0 Å². The highest BCUT2D eigenvalue weighted by molar-refractivity contribution is 5.97. The second kappa shape index (κ2) is 3.68. The van der Waals surface area contributed by atoms with Gasteiger partial charge in [-0.2, -0.15) is 0 Å². The fourth-order valence-electron chi connectivity index (χ4n) is 0.835. The number of amidine groups is 1. The molecule has 1 aromatic heterocycles. The highest BCUT2D eigenvalue weighted by Crippen LogP contribution is 1.92. The van der Waals surface area contributed by atoms with Gasteiger partial charge in [0.05, 0.1) is 0 Å². The van der Waals surface area contributed by atoms with Crippen molar-refractivity contribution < 1.29 is 0 Å². The molecule has 0 aromatic carbocycles. The normalized spacial score (nSPS) is 11.3. The summed E-state index contributed by atoms with van der Waals surface area (Å²) in [5.41, 5.74) is 3.02. The van der Waals surface area contributed by atoms with Gasteiger partial charge >= 0.3 is 0 Å². The van der Waals surface area contributed by atoms with Gasteiger partial charge in [0.25, 0.3) is 0 Å². The van der Waals surface area contributed by atoms with E-state index in [2.05, 4.69) is 15.4 Å². The summed E-state index contributed by atoms with van der Waals surface area (Å²) in [6.45, 7) is 0. The Morgan fingerprint density at radius 2 is 2.42 bits per heavy atom. The van der Waals surface area contributed by atoms with Crippen LogP contribution in [0, 0.1) is 0 Å². The average Bonchev–Trinajstić information content (AvgIpc) is 2.10. The number of pyridine rings is 1. The van der Waals surface area contributed by atoms with Crippen LogP contribution >= 0.6 is 0 Å². The third kappa shape index (κ3) is 1.70. The third-order valence-corrected chi connectivity index (χ3v) is 1.42. The summed E-state index contributed by atoms with van der Waals surface area (Å²) in [5, 5.41) is 0. The van der Waals surface area contributed by atoms with Crippen LogP contribution in [0.4, 0.5) is 0 Å². The zero-order valence-electron chi connectivity index (χ0n) is 6.66. The van der Waals surface area contributed by atoms with Crippen LogP contribution in [0.1, 0.15) is 5.56 Å². The summed E-state index contributed by atoms with van der Waals surface area (Å²) in [5.74, 6) is 5.71. The Balaban J connectivity index is 3.04. The lowest BCUT2D eigenvalue weighted by Gasteiger charge is -2.02. The standard InChI is InChI=1S/C7H10N4O/c1-9-7(11-8)5-2-3-6(12)10-4-5/h2-4H,8H2,1H3,(H,9,11)(H,10,12). The first-order valence-electron chi connectivity index (χ1n) is 3.40. The predicted molar refractivity (Wildman–Crippen MR) is 46.8 cm³/mol. The van der Waals surface area contributed by atoms with E-state index in [1.54, 1.807) is 19.3 Å². The molecule has 64 valence electrons. The first-order valence-corrected chi connectivity index (χ1v) is 3.40. The first kappa shape index (κ1) is 8.48. The quantitative estimate of drug-likeness (QED) is 0.221. The lowest BCUT2D eigenvalue weighted by molar-refractivity contribution is 1.01. The molecule has 12 heavy (non-hydrogen) atoms. The van der Waals surface area contributed by atoms with Crippen LogP contribution in [0.5, 0.6) is 0 Å². The van der Waals surface area contributed by atoms with Crippen LogP contribution < -0.4 is 16.8 Å². The van der Waals surface area contributed by atoms with Gasteiger partial charge in [0, 0.05) is 24.9 Å². The van der Waals surface area contributed by atoms with Crippen LogP contribution in [-0.4, -0.2) is 17.9 Å². The van der Waals surface area contributed by atoms with Gasteiger partial charge < -0.3 is 10.4 Å². The molecule has 0 aliphatic carbocycles. The Labute approximate surface area is 69.3 Å². The number of rotatable bonds is 1. The predicted octanol–water partition coefficient (Wildman–Crippen LogP) is -0.785. The molecular weight excluding hydrogens is 156 g/mol. The van der Waals surface area contributed by atoms with E-state index in [-0.39, 0.29) is 5.56 Å². The van der Waals surface area contributed by atoms with Crippen LogP contribution in [0.15, 0.2) is 28.1 Å². The fraction of sp³-hybridized carbons (Fsp3) is 0.143. The largest absolute Gasteiger partial charge is 0.328 e. The molecule has 0 aliphatic heterocycles. The molecule has 5 heteroatoms. The van der Waals surface area contributed by atoms with E-state index in [4.69, 9.17) is 5.84 Å². The summed E-state index contributed by atoms with van der Waals surface area (Å²) >= 11 is 0. The highest BCUT2D eigenvalue weighted by atomic mass is 16.1. The van der Waals surface area contributed by atoms with E-state index in [0.29, 0.717) is 5.84 Å². The van der Waals surface area contributed by atoms with Crippen molar-refractivity contribution in [1.82, 2.24) is 10.4 Å². The topological polar surface area (TPSA) is 83.3 Å². The number of nitrogens with zero attached hydrogens (tertiary/aromatic N) is 1. The summed E-state index contributed by atoms with van der Waals surface area (Å²) in [4.78, 5) is 17.1. The molecule has 4 N–H and O–H groups in total. The van der Waals surface area contributed by atoms with E-state index < -0.39 is 0 Å². The van der Waals surface area contributed by atoms with Crippen molar-refractivity contribution in [3.63, 3.8) is 0 Å². The van der Waals surface area contributed by atoms with Crippen molar-refractivity contribution in [3.8, 4) is 0 Å². The number of nitrogens with two attached hydrogens (primary N) is 1. The molecule has 0 bridgehead atoms. The average molecular weight is 166 g/mol. The third-order valence-electron chi connectivity index (χ3n) is 1.42. The van der Waals surface area contributed by atoms with E-state index in [1.807, 2.05) is 0 Å². The van der Waals surface area contributed by atoms with Gasteiger partial charge in [-0.3, -0.25) is 9.79 Å². The van der Waals surface area contributed by atoms with Gasteiger partial charge in [-0.25, -0.2) is 5.84 Å². The number of aromatic nitrogens is 1. The van der Waals surface area contributed by atoms with E-state index in [9.17, 15) is 4.79 Å². The van der Waals surface area contributed by atoms with Gasteiger partial charge in [-0.1, -0.05) is 0 Å². The van der Waals surface area contributed by atoms with E-state index in [0.717, 1.165) is 5.56 Å². The molecule has 5 nitrogen and oxygen atoms in total. The molecule has 1 heterocycles. The van der Waals surface area contributed by atoms with Gasteiger partial charge in [-0.15, -0.1) is 0 Å². The summed E-state index contributed by atoms with van der Waals surface area (Å²) in [6.07, 6.45) is 1.55. The minimum atomic E-state index is -0.147. The molecule has 0 saturated heterocycles. The molecule has 1 aromatic rings. The molecule has 0 aliphatic rings. The maximum absolute atomic E-state index is 10.7. The smallest absolute Gasteiger partial charge is 0.247 e. The molecule has 0 amide bonds. The Morgan fingerprint density at radius 1 is 1.67 bits per heavy atom. The summed E-state index contributed by atoms with van der Waals surface area (Å²) in [7, 11) is 1.61. The van der Waals surface area contributed by atoms with Crippen molar-refractivity contribution in [2.24, 2.45) is 10.8 Å². The van der Waals surface area contributed by atoms with Gasteiger partial charge in [0.2, 0.25) is 5.56 Å². The highest BCUT2D eigenvalue weighted by Gasteiger charge is 1.98. The van der Waals surface area contributed by atoms with Crippen LogP contribution in [0.2, 0.25) is 0 Å². The number of H-pyrrole nitrogens is 1. The Hall–Kier alpha value is -1.62. The number of hydrazine groups is 1. The maximum Gasteiger partial charge on any atom is 0.247 e. The molecule has 0 saturated carbocycles. The molecule has 0 spiro atoms. The van der Waals surface area contributed by atoms with Gasteiger partial charge in [-0.05, 0) is 6.07 Å². The molecule has 0 radical (unpaired) electrons. The van der Waals surface area contributed by atoms with Gasteiger partial charge in [0.15, 0.2) is 0 Å². The number of nitrogens with one attached hydrogen (secondary N) is 2. The number of hydrogen-bond donors (Lipinski definition) is 3. The first-order chi connectivity index (χ1) is 5.77. The zero-order chi connectivity index (χ0) is 8.97. The van der Waals surface area contributed by atoms with Crippen LogP contribution in [0.3, 0.4) is 0 Å². The Kier molecular flexibility index (Phi) is 2.60. The van der Waals surface area contributed by atoms with Crippen molar-refractivity contribution >= 4 is 5.84 Å². The second-order valence-electron chi connectivity index (χ2n) is 2.16. The van der Waals surface area contributed by atoms with Crippen molar-refractivity contribution in [1.29, 1.82) is 0 Å². The number of aliphatic imine (C=N–C) groups is 1. The molecule has 0 atom stereocenters. The maximum atomic E-state index is 10.7. The zero-order valence-corrected chi connectivity index (χ0v) is 6.66. The molecular formula is C7H10N4O. The van der Waals surface area contributed by atoms with Crippen molar-refractivity contribution in [2.75, 3.05) is 7.05 Å². The number of aromatic amines is 1. The Bertz CT molecular complexity index is 321. The molecule has 1 rings (SSSR count). The van der Waals surface area contributed by atoms with E-state index in [1.165, 1.54) is 6.07 Å². The van der Waals surface area contributed by atoms with Crippen molar-refractivity contribution in [3.05, 3.63) is 34.2 Å². The fourth-order valence-corrected chi connectivity index (χ4v) is 0.835. The summed E-state index contributed by atoms with van der Waals surface area (Å²) in [6, 6.07) is 3.05. The van der Waals surface area contributed by atoms with Crippen LogP contribution in [0.25, 0.3) is 0 Å². The minimum absolute atomic E-state index is 0.147. The molecule has 0 unspecified atom stereocenters. The Morgan fingerprint density at radius 3 is 2.83 bits per heavy atom. The lowest BCUT2D eigenvalue weighted by Crippen LogP contribution is -2.31. The SMILES string of the molecule is CN=C(NN)c1ccc(=O)[nH]c1. The minimum Gasteiger partial charge on any atom is -0.328 e. The lowest BCUT2D eigenvalue weighted by atomic mass is 10.3. The second-order valence-corrected chi connectivity index (χ2v) is 2.16.